The van der Waals surface area contributed by atoms with Gasteiger partial charge in [-0.3, -0.25) is 0 Å². The first-order valence-electron chi connectivity index (χ1n) is 4.89. The third kappa shape index (κ3) is 2.78. The Hall–Kier alpha value is -1.97. The average Bonchev–Trinajstić information content (AvgIpc) is 2.29. The Morgan fingerprint density at radius 3 is 2.18 bits per heavy atom. The summed E-state index contributed by atoms with van der Waals surface area (Å²) in [4.78, 5) is 0. The molecule has 87 valence electrons. The molecule has 0 atom stereocenters. The molecule has 0 N–H and O–H groups in total. The van der Waals surface area contributed by atoms with Crippen LogP contribution in [-0.2, 0) is 6.61 Å². The summed E-state index contributed by atoms with van der Waals surface area (Å²) < 4.78 is 44.3. The molecule has 0 bridgehead atoms. The molecule has 0 unspecified atom stereocenters. The molecule has 0 aromatic heterocycles. The Morgan fingerprint density at radius 1 is 1.00 bits per heavy atom. The van der Waals surface area contributed by atoms with E-state index in [-0.39, 0.29) is 12.2 Å². The highest BCUT2D eigenvalue weighted by atomic mass is 19.1. The molecule has 0 heterocycles. The zero-order chi connectivity index (χ0) is 12.3. The maximum absolute atomic E-state index is 13.2. The van der Waals surface area contributed by atoms with E-state index in [1.165, 1.54) is 0 Å². The van der Waals surface area contributed by atoms with Gasteiger partial charge in [0.1, 0.15) is 29.8 Å². The van der Waals surface area contributed by atoms with E-state index >= 15 is 0 Å². The standard InChI is InChI=1S/C13H8F3O/c14-9-6-12(15)11(13(16)7-9)8-17-10-4-2-1-3-5-10/h2-7H,8H2. The molecule has 17 heavy (non-hydrogen) atoms. The molecule has 4 heteroatoms. The van der Waals surface area contributed by atoms with Crippen molar-refractivity contribution in [2.24, 2.45) is 0 Å². The van der Waals surface area contributed by atoms with Crippen molar-refractivity contribution < 1.29 is 17.9 Å². The molecule has 0 aliphatic carbocycles. The van der Waals surface area contributed by atoms with Crippen molar-refractivity contribution in [3.8, 4) is 5.75 Å². The molecule has 0 spiro atoms. The number of hydrogen-bond donors (Lipinski definition) is 0. The lowest BCUT2D eigenvalue weighted by Crippen LogP contribution is -2.02. The van der Waals surface area contributed by atoms with Crippen LogP contribution < -0.4 is 4.74 Å². The largest absolute Gasteiger partial charge is 0.489 e. The zero-order valence-electron chi connectivity index (χ0n) is 8.71. The molecule has 0 saturated carbocycles. The Kier molecular flexibility index (Phi) is 3.32. The van der Waals surface area contributed by atoms with E-state index in [1.807, 2.05) is 0 Å². The van der Waals surface area contributed by atoms with Gasteiger partial charge in [-0.25, -0.2) is 13.2 Å². The highest BCUT2D eigenvalue weighted by Gasteiger charge is 2.11. The molecule has 0 fully saturated rings. The summed E-state index contributed by atoms with van der Waals surface area (Å²) in [7, 11) is 0. The number of benzene rings is 2. The van der Waals surface area contributed by atoms with Gasteiger partial charge in [-0.15, -0.1) is 0 Å². The summed E-state index contributed by atoms with van der Waals surface area (Å²) in [5, 5.41) is 0. The molecule has 2 aromatic rings. The van der Waals surface area contributed by atoms with Gasteiger partial charge in [0.2, 0.25) is 0 Å². The van der Waals surface area contributed by atoms with Crippen LogP contribution >= 0.6 is 0 Å². The molecule has 1 radical (unpaired) electrons. The van der Waals surface area contributed by atoms with E-state index in [9.17, 15) is 13.2 Å². The summed E-state index contributed by atoms with van der Waals surface area (Å²) in [6, 6.07) is 10.5. The maximum atomic E-state index is 13.2. The fourth-order valence-electron chi connectivity index (χ4n) is 1.33. The van der Waals surface area contributed by atoms with E-state index in [1.54, 1.807) is 24.3 Å². The van der Waals surface area contributed by atoms with Crippen LogP contribution in [0.1, 0.15) is 5.56 Å². The van der Waals surface area contributed by atoms with Crippen LogP contribution in [0.3, 0.4) is 0 Å². The van der Waals surface area contributed by atoms with Gasteiger partial charge in [-0.2, -0.15) is 0 Å². The number of rotatable bonds is 3. The Morgan fingerprint density at radius 2 is 1.59 bits per heavy atom. The normalized spacial score (nSPS) is 10.3. The van der Waals surface area contributed by atoms with Crippen molar-refractivity contribution in [1.82, 2.24) is 0 Å². The van der Waals surface area contributed by atoms with E-state index < -0.39 is 17.5 Å². The molecule has 0 saturated heterocycles. The summed E-state index contributed by atoms with van der Waals surface area (Å²) in [6.45, 7) is -0.290. The maximum Gasteiger partial charge on any atom is 0.135 e. The van der Waals surface area contributed by atoms with E-state index in [4.69, 9.17) is 4.74 Å². The highest BCUT2D eigenvalue weighted by Crippen LogP contribution is 2.17. The SMILES string of the molecule is Fc1cc(F)c(COc2cc[c]cc2)c(F)c1. The number of hydrogen-bond acceptors (Lipinski definition) is 1. The van der Waals surface area contributed by atoms with Crippen LogP contribution in [0.4, 0.5) is 13.2 Å². The van der Waals surface area contributed by atoms with E-state index in [0.717, 1.165) is 0 Å². The first-order valence-corrected chi connectivity index (χ1v) is 4.89. The lowest BCUT2D eigenvalue weighted by molar-refractivity contribution is 0.291. The number of halogens is 3. The van der Waals surface area contributed by atoms with Crippen LogP contribution in [0, 0.1) is 23.5 Å². The topological polar surface area (TPSA) is 9.23 Å². The van der Waals surface area contributed by atoms with Gasteiger partial charge in [0.25, 0.3) is 0 Å². The fraction of sp³-hybridized carbons (Fsp3) is 0.0769. The minimum Gasteiger partial charge on any atom is -0.489 e. The Bertz CT molecular complexity index is 488. The van der Waals surface area contributed by atoms with Crippen molar-refractivity contribution in [2.75, 3.05) is 0 Å². The second-order valence-electron chi connectivity index (χ2n) is 3.37. The number of ether oxygens (including phenoxy) is 1. The predicted molar refractivity (Wildman–Crippen MR) is 55.9 cm³/mol. The van der Waals surface area contributed by atoms with Crippen molar-refractivity contribution in [2.45, 2.75) is 6.61 Å². The lowest BCUT2D eigenvalue weighted by atomic mass is 10.2. The molecular formula is C13H8F3O. The third-order valence-corrected chi connectivity index (χ3v) is 2.18. The zero-order valence-corrected chi connectivity index (χ0v) is 8.71. The fourth-order valence-corrected chi connectivity index (χ4v) is 1.33. The van der Waals surface area contributed by atoms with Gasteiger partial charge >= 0.3 is 0 Å². The van der Waals surface area contributed by atoms with Gasteiger partial charge in [-0.05, 0) is 18.2 Å². The van der Waals surface area contributed by atoms with Crippen LogP contribution in [0.15, 0.2) is 36.4 Å². The summed E-state index contributed by atoms with van der Waals surface area (Å²) >= 11 is 0. The summed E-state index contributed by atoms with van der Waals surface area (Å²) in [5.41, 5.74) is -0.292. The first kappa shape index (κ1) is 11.5. The minimum atomic E-state index is -0.954. The third-order valence-electron chi connectivity index (χ3n) is 2.18. The second kappa shape index (κ2) is 4.91. The van der Waals surface area contributed by atoms with Gasteiger partial charge in [0.15, 0.2) is 0 Å². The quantitative estimate of drug-likeness (QED) is 0.794. The van der Waals surface area contributed by atoms with Crippen molar-refractivity contribution in [1.29, 1.82) is 0 Å². The Balaban J connectivity index is 2.15. The minimum absolute atomic E-state index is 0.290. The summed E-state index contributed by atoms with van der Waals surface area (Å²) in [6.07, 6.45) is 0. The van der Waals surface area contributed by atoms with E-state index in [0.29, 0.717) is 17.9 Å². The van der Waals surface area contributed by atoms with Crippen molar-refractivity contribution >= 4 is 0 Å². The molecule has 0 aliphatic heterocycles. The first-order chi connectivity index (χ1) is 8.16. The van der Waals surface area contributed by atoms with Gasteiger partial charge in [0.05, 0.1) is 5.56 Å². The van der Waals surface area contributed by atoms with Crippen LogP contribution in [-0.4, -0.2) is 0 Å². The van der Waals surface area contributed by atoms with Crippen molar-refractivity contribution in [3.05, 3.63) is 65.5 Å². The average molecular weight is 237 g/mol. The molecular weight excluding hydrogens is 229 g/mol. The van der Waals surface area contributed by atoms with Crippen LogP contribution in [0.25, 0.3) is 0 Å². The highest BCUT2D eigenvalue weighted by molar-refractivity contribution is 5.23. The molecule has 0 aliphatic rings. The Labute approximate surface area is 96.5 Å². The van der Waals surface area contributed by atoms with Crippen molar-refractivity contribution in [3.63, 3.8) is 0 Å². The smallest absolute Gasteiger partial charge is 0.135 e. The predicted octanol–water partition coefficient (Wildman–Crippen LogP) is 3.48. The molecule has 0 amide bonds. The second-order valence-corrected chi connectivity index (χ2v) is 3.37. The van der Waals surface area contributed by atoms with Crippen LogP contribution in [0.5, 0.6) is 5.75 Å². The summed E-state index contributed by atoms with van der Waals surface area (Å²) in [5.74, 6) is -2.39. The lowest BCUT2D eigenvalue weighted by Gasteiger charge is -2.07. The molecule has 2 rings (SSSR count). The molecule has 1 nitrogen and oxygen atoms in total. The van der Waals surface area contributed by atoms with Gasteiger partial charge in [0, 0.05) is 12.1 Å². The van der Waals surface area contributed by atoms with E-state index in [2.05, 4.69) is 6.07 Å². The van der Waals surface area contributed by atoms with Gasteiger partial charge < -0.3 is 4.74 Å². The monoisotopic (exact) mass is 237 g/mol. The molecule has 2 aromatic carbocycles. The van der Waals surface area contributed by atoms with Crippen LogP contribution in [0.2, 0.25) is 0 Å². The van der Waals surface area contributed by atoms with Gasteiger partial charge in [-0.1, -0.05) is 12.1 Å².